The third kappa shape index (κ3) is 13.6. The Labute approximate surface area is 797 Å². The third-order valence-corrected chi connectivity index (χ3v) is 29.6. The van der Waals surface area contributed by atoms with Crippen molar-refractivity contribution in [2.24, 2.45) is 0 Å². The molecule has 3 aliphatic rings. The summed E-state index contributed by atoms with van der Waals surface area (Å²) in [5, 5.41) is 15.7. The molecule has 3 aromatic heterocycles. The number of nitrogens with zero attached hydrogens (tertiary/aromatic N) is 5. The summed E-state index contributed by atoms with van der Waals surface area (Å²) in [6.45, 7) is 14.1. The minimum absolute atomic E-state index is 0.0216. The molecule has 21 aromatic carbocycles. The summed E-state index contributed by atoms with van der Waals surface area (Å²) in [6.07, 6.45) is 7.38. The van der Waals surface area contributed by atoms with Crippen molar-refractivity contribution >= 4 is 86.6 Å². The predicted octanol–water partition coefficient (Wildman–Crippen LogP) is 34.8. The quantitative estimate of drug-likeness (QED) is 0.128. The zero-order valence-electron chi connectivity index (χ0n) is 77.0. The van der Waals surface area contributed by atoms with Crippen LogP contribution in [0.2, 0.25) is 0 Å². The van der Waals surface area contributed by atoms with Gasteiger partial charge in [-0.2, -0.15) is 0 Å². The number of benzene rings is 21. The fourth-order valence-corrected chi connectivity index (χ4v) is 23.1. The molecule has 0 saturated heterocycles. The maximum atomic E-state index is 5.40. The summed E-state index contributed by atoms with van der Waals surface area (Å²) < 4.78 is 0. The molecule has 0 unspecified atom stereocenters. The number of aromatic nitrogens is 5. The Morgan fingerprint density at radius 1 is 0.161 bits per heavy atom. The first-order valence-electron chi connectivity index (χ1n) is 47.5. The van der Waals surface area contributed by atoms with Crippen LogP contribution >= 0.6 is 0 Å². The van der Waals surface area contributed by atoms with E-state index in [2.05, 4.69) is 458 Å². The van der Waals surface area contributed by atoms with Crippen LogP contribution in [0.3, 0.4) is 0 Å². The molecule has 0 atom stereocenters. The van der Waals surface area contributed by atoms with Crippen molar-refractivity contribution < 1.29 is 0 Å². The van der Waals surface area contributed by atoms with E-state index in [-0.39, 0.29) is 16.2 Å². The minimum Gasteiger partial charge on any atom is -0.252 e. The maximum Gasteiger partial charge on any atom is 0.115 e. The predicted molar refractivity (Wildman–Crippen MR) is 575 cm³/mol. The molecule has 0 bridgehead atoms. The normalized spacial score (nSPS) is 13.2. The topological polar surface area (TPSA) is 64.5 Å². The molecule has 0 N–H and O–H groups in total. The molecule has 0 spiro atoms. The molecule has 0 aliphatic heterocycles. The number of hydrogen-bond acceptors (Lipinski definition) is 5. The molecule has 3 aliphatic carbocycles. The summed E-state index contributed by atoms with van der Waals surface area (Å²) in [5.41, 5.74) is 42.5. The van der Waals surface area contributed by atoms with Gasteiger partial charge in [0.15, 0.2) is 0 Å². The van der Waals surface area contributed by atoms with Gasteiger partial charge in [0, 0.05) is 56.3 Å². The van der Waals surface area contributed by atoms with Crippen LogP contribution in [0.15, 0.2) is 456 Å². The van der Waals surface area contributed by atoms with E-state index in [1.165, 1.54) is 220 Å². The van der Waals surface area contributed by atoms with E-state index in [0.29, 0.717) is 0 Å². The summed E-state index contributed by atoms with van der Waals surface area (Å²) in [4.78, 5) is 24.2. The summed E-state index contributed by atoms with van der Waals surface area (Å²) >= 11 is 0. The van der Waals surface area contributed by atoms with E-state index in [1.807, 2.05) is 42.9 Å². The van der Waals surface area contributed by atoms with Crippen molar-refractivity contribution in [3.63, 3.8) is 0 Å². The SMILES string of the molecule is CC1(C)c2ccccc2-c2cc(-c3c4ccccc4c(-c4cc(-c5ccccc5)c5ccccc5n4)c4ccc(-c5ccccc5)cc34)ccc21.CC1(C)c2ccccc2-c2cc(-c3c4ccccc4c(-c4cnc5ccccc5n4)c4ccc(-c5ccccc5)cc34)ccc21.CC1(C)c2ccccc2-c2cc(-c3c4ccccc4c(-c4cncnc4)c4ccc(-c5ccccc5)cc34)ccc21. The molecule has 3 heterocycles. The highest BCUT2D eigenvalue weighted by Crippen LogP contribution is 2.57. The minimum atomic E-state index is -0.0445. The van der Waals surface area contributed by atoms with Gasteiger partial charge in [-0.3, -0.25) is 4.98 Å². The van der Waals surface area contributed by atoms with Crippen LogP contribution in [0.4, 0.5) is 0 Å². The zero-order chi connectivity index (χ0) is 91.8. The molecular weight excluding hydrogens is 1660 g/mol. The smallest absolute Gasteiger partial charge is 0.115 e. The van der Waals surface area contributed by atoms with Crippen molar-refractivity contribution in [3.05, 3.63) is 489 Å². The Bertz CT molecular complexity index is 9030. The summed E-state index contributed by atoms with van der Waals surface area (Å²) in [5.74, 6) is 0. The van der Waals surface area contributed by atoms with Crippen molar-refractivity contribution in [1.29, 1.82) is 0 Å². The highest BCUT2D eigenvalue weighted by molar-refractivity contribution is 6.26. The molecule has 0 saturated carbocycles. The largest absolute Gasteiger partial charge is 0.252 e. The van der Waals surface area contributed by atoms with Crippen LogP contribution in [0.5, 0.6) is 0 Å². The fraction of sp³-hybridized carbons (Fsp3) is 0.0682. The van der Waals surface area contributed by atoms with Crippen molar-refractivity contribution in [2.75, 3.05) is 0 Å². The lowest BCUT2D eigenvalue weighted by Crippen LogP contribution is -2.14. The van der Waals surface area contributed by atoms with Crippen molar-refractivity contribution in [1.82, 2.24) is 24.9 Å². The van der Waals surface area contributed by atoms with E-state index < -0.39 is 0 Å². The highest BCUT2D eigenvalue weighted by Gasteiger charge is 2.39. The van der Waals surface area contributed by atoms with Crippen LogP contribution in [-0.4, -0.2) is 24.9 Å². The number of rotatable bonds is 10. The molecule has 24 aromatic rings. The van der Waals surface area contributed by atoms with Gasteiger partial charge in [0.1, 0.15) is 6.33 Å². The zero-order valence-corrected chi connectivity index (χ0v) is 77.0. The van der Waals surface area contributed by atoms with Gasteiger partial charge < -0.3 is 0 Å². The van der Waals surface area contributed by atoms with Gasteiger partial charge in [-0.05, 0) is 270 Å². The van der Waals surface area contributed by atoms with Gasteiger partial charge in [0.05, 0.1) is 34.1 Å². The monoisotopic (exact) mass is 1750 g/mol. The number of hydrogen-bond donors (Lipinski definition) is 0. The van der Waals surface area contributed by atoms with Gasteiger partial charge >= 0.3 is 0 Å². The summed E-state index contributed by atoms with van der Waals surface area (Å²) in [6, 6.07) is 157. The second-order valence-corrected chi connectivity index (χ2v) is 38.4. The van der Waals surface area contributed by atoms with Gasteiger partial charge in [-0.15, -0.1) is 0 Å². The van der Waals surface area contributed by atoms with Crippen LogP contribution in [-0.2, 0) is 16.2 Å². The molecule has 5 heteroatoms. The average Bonchev–Trinajstić information content (AvgIpc) is 1.71. The number of fused-ring (bicyclic) bond motifs is 17. The molecule has 137 heavy (non-hydrogen) atoms. The average molecular weight is 1750 g/mol. The highest BCUT2D eigenvalue weighted by atomic mass is 14.8. The van der Waals surface area contributed by atoms with E-state index in [1.54, 1.807) is 6.33 Å². The Morgan fingerprint density at radius 3 is 0.847 bits per heavy atom. The van der Waals surface area contributed by atoms with E-state index >= 15 is 0 Å². The Morgan fingerprint density at radius 2 is 0.445 bits per heavy atom. The third-order valence-electron chi connectivity index (χ3n) is 29.6. The Balaban J connectivity index is 0.000000110. The van der Waals surface area contributed by atoms with E-state index in [4.69, 9.17) is 15.0 Å². The molecule has 5 nitrogen and oxygen atoms in total. The van der Waals surface area contributed by atoms with Crippen LogP contribution in [0, 0.1) is 0 Å². The van der Waals surface area contributed by atoms with Gasteiger partial charge in [-0.1, -0.05) is 412 Å². The molecular formula is C132H93N5. The molecule has 27 rings (SSSR count). The van der Waals surface area contributed by atoms with Crippen LogP contribution in [0.1, 0.15) is 74.9 Å². The van der Waals surface area contributed by atoms with Gasteiger partial charge in [-0.25, -0.2) is 19.9 Å². The van der Waals surface area contributed by atoms with E-state index in [9.17, 15) is 0 Å². The van der Waals surface area contributed by atoms with Crippen molar-refractivity contribution in [3.8, 4) is 145 Å². The molecule has 0 amide bonds. The van der Waals surface area contributed by atoms with Gasteiger partial charge in [0.25, 0.3) is 0 Å². The molecule has 0 fully saturated rings. The lowest BCUT2D eigenvalue weighted by Gasteiger charge is -2.22. The van der Waals surface area contributed by atoms with Gasteiger partial charge in [0.2, 0.25) is 0 Å². The first kappa shape index (κ1) is 82.0. The Hall–Kier alpha value is -17.0. The molecule has 0 radical (unpaired) electrons. The second-order valence-electron chi connectivity index (χ2n) is 38.4. The maximum absolute atomic E-state index is 5.40. The van der Waals surface area contributed by atoms with Crippen molar-refractivity contribution in [2.45, 2.75) is 57.8 Å². The standard InChI is InChI=1S/C50H35N.C43H30N2.C39H28N2/c1-50(2)44-23-13-11-19-36(44)42-30-35(26-28-45(42)50)48-38-21-9-10-22-39(38)49(40-27-25-34(29-43(40)48)32-15-5-3-6-16-32)47-31-41(33-17-7-4-8-18-33)37-20-12-14-24-46(37)51-47;1-43(2)36-17-9-8-14-30(36)34-25-29(21-23-37(34)43)41-31-15-6-7-16-32(31)42(40-26-44-38-18-10-11-19-39(38)45-40)33-22-20-28(24-35(33)41)27-12-4-3-5-13-27;1-39(2)35-15-9-8-12-29(35)33-21-27(17-19-36(33)39)37-30-13-6-7-14-31(30)38(28-22-40-24-41-23-28)32-18-16-26(20-34(32)37)25-10-4-3-5-11-25/h3-31H,1-2H3;3-26H,1-2H3;3-24H,1-2H3. The number of para-hydroxylation sites is 3. The molecule has 646 valence electrons. The lowest BCUT2D eigenvalue weighted by atomic mass is 9.81. The first-order chi connectivity index (χ1) is 67.2. The summed E-state index contributed by atoms with van der Waals surface area (Å²) in [7, 11) is 0. The van der Waals surface area contributed by atoms with Crippen LogP contribution in [0.25, 0.3) is 231 Å². The first-order valence-corrected chi connectivity index (χ1v) is 47.5. The Kier molecular flexibility index (Phi) is 19.6. The second kappa shape index (κ2) is 32.7. The lowest BCUT2D eigenvalue weighted by molar-refractivity contribution is 0.660. The van der Waals surface area contributed by atoms with E-state index in [0.717, 1.165) is 44.5 Å². The van der Waals surface area contributed by atoms with Crippen LogP contribution < -0.4 is 0 Å². The number of pyridine rings is 1. The fourth-order valence-electron chi connectivity index (χ4n) is 23.1.